The summed E-state index contributed by atoms with van der Waals surface area (Å²) >= 11 is 0. The van der Waals surface area contributed by atoms with Crippen molar-refractivity contribution in [3.05, 3.63) is 66.5 Å². The van der Waals surface area contributed by atoms with Crippen LogP contribution in [-0.4, -0.2) is 15.9 Å². The zero-order chi connectivity index (χ0) is 17.6. The zero-order valence-corrected chi connectivity index (χ0v) is 14.1. The number of nitrogens with zero attached hydrogens (tertiary/aromatic N) is 2. The van der Waals surface area contributed by atoms with Crippen molar-refractivity contribution in [1.82, 2.24) is 9.97 Å². The fourth-order valence-corrected chi connectivity index (χ4v) is 2.30. The number of hydrogen-bond acceptors (Lipinski definition) is 5. The minimum Gasteiger partial charge on any atom is -0.340 e. The molecule has 0 aliphatic carbocycles. The van der Waals surface area contributed by atoms with E-state index < -0.39 is 0 Å². The van der Waals surface area contributed by atoms with E-state index in [1.54, 1.807) is 0 Å². The molecule has 3 aromatic rings. The second-order valence-corrected chi connectivity index (χ2v) is 5.67. The lowest BCUT2D eigenvalue weighted by Crippen LogP contribution is -2.06. The van der Waals surface area contributed by atoms with E-state index in [1.165, 1.54) is 18.8 Å². The van der Waals surface area contributed by atoms with Crippen LogP contribution in [0.25, 0.3) is 0 Å². The lowest BCUT2D eigenvalue weighted by molar-refractivity contribution is -0.114. The van der Waals surface area contributed by atoms with Crippen LogP contribution < -0.4 is 16.0 Å². The minimum absolute atomic E-state index is 0.108. The highest BCUT2D eigenvalue weighted by molar-refractivity contribution is 5.89. The Bertz CT molecular complexity index is 877. The van der Waals surface area contributed by atoms with E-state index in [2.05, 4.69) is 25.9 Å². The Kier molecular flexibility index (Phi) is 4.89. The van der Waals surface area contributed by atoms with Crippen molar-refractivity contribution in [2.75, 3.05) is 16.0 Å². The van der Waals surface area contributed by atoms with E-state index >= 15 is 0 Å². The van der Waals surface area contributed by atoms with Gasteiger partial charge in [-0.05, 0) is 37.3 Å². The number of nitrogens with one attached hydrogen (secondary N) is 3. The zero-order valence-electron chi connectivity index (χ0n) is 14.1. The molecule has 0 fully saturated rings. The summed E-state index contributed by atoms with van der Waals surface area (Å²) in [6, 6.07) is 17.3. The molecule has 1 aromatic heterocycles. The summed E-state index contributed by atoms with van der Waals surface area (Å²) in [5.41, 5.74) is 3.72. The van der Waals surface area contributed by atoms with Gasteiger partial charge in [0.1, 0.15) is 18.0 Å². The molecule has 6 nitrogen and oxygen atoms in total. The van der Waals surface area contributed by atoms with Crippen LogP contribution in [0.15, 0.2) is 60.9 Å². The van der Waals surface area contributed by atoms with Gasteiger partial charge in [0.25, 0.3) is 0 Å². The maximum atomic E-state index is 11.2. The molecule has 0 aliphatic heterocycles. The van der Waals surface area contributed by atoms with Gasteiger partial charge in [-0.25, -0.2) is 9.97 Å². The van der Waals surface area contributed by atoms with Gasteiger partial charge >= 0.3 is 0 Å². The molecule has 0 saturated heterocycles. The summed E-state index contributed by atoms with van der Waals surface area (Å²) in [5, 5.41) is 9.21. The molecule has 0 radical (unpaired) electrons. The third-order valence-electron chi connectivity index (χ3n) is 3.45. The fraction of sp³-hybridized carbons (Fsp3) is 0.105. The molecule has 0 atom stereocenters. The topological polar surface area (TPSA) is 78.9 Å². The van der Waals surface area contributed by atoms with Gasteiger partial charge in [0.15, 0.2) is 0 Å². The van der Waals surface area contributed by atoms with E-state index in [1.807, 2.05) is 61.5 Å². The van der Waals surface area contributed by atoms with E-state index in [4.69, 9.17) is 0 Å². The molecule has 0 bridgehead atoms. The van der Waals surface area contributed by atoms with Gasteiger partial charge in [-0.15, -0.1) is 0 Å². The SMILES string of the molecule is CC(=O)Nc1cccc(Nc2cc(Nc3ccc(C)cc3)ncn2)c1. The minimum atomic E-state index is -0.108. The summed E-state index contributed by atoms with van der Waals surface area (Å²) in [5.74, 6) is 1.24. The molecule has 3 rings (SSSR count). The summed E-state index contributed by atoms with van der Waals surface area (Å²) in [6.07, 6.45) is 1.50. The summed E-state index contributed by atoms with van der Waals surface area (Å²) < 4.78 is 0. The van der Waals surface area contributed by atoms with Gasteiger partial charge in [-0.3, -0.25) is 4.79 Å². The van der Waals surface area contributed by atoms with Crippen LogP contribution >= 0.6 is 0 Å². The first-order valence-electron chi connectivity index (χ1n) is 7.89. The van der Waals surface area contributed by atoms with Crippen molar-refractivity contribution >= 4 is 34.6 Å². The maximum absolute atomic E-state index is 11.2. The Balaban J connectivity index is 1.73. The third kappa shape index (κ3) is 4.78. The first kappa shape index (κ1) is 16.4. The first-order chi connectivity index (χ1) is 12.1. The van der Waals surface area contributed by atoms with Crippen molar-refractivity contribution in [3.63, 3.8) is 0 Å². The molecule has 0 spiro atoms. The highest BCUT2D eigenvalue weighted by Crippen LogP contribution is 2.21. The number of aryl methyl sites for hydroxylation is 1. The molecule has 1 amide bonds. The van der Waals surface area contributed by atoms with Crippen LogP contribution in [0.1, 0.15) is 12.5 Å². The third-order valence-corrected chi connectivity index (χ3v) is 3.45. The van der Waals surface area contributed by atoms with Crippen molar-refractivity contribution in [1.29, 1.82) is 0 Å². The lowest BCUT2D eigenvalue weighted by atomic mass is 10.2. The number of benzene rings is 2. The number of aromatic nitrogens is 2. The van der Waals surface area contributed by atoms with E-state index in [0.29, 0.717) is 11.6 Å². The Morgan fingerprint density at radius 3 is 2.16 bits per heavy atom. The van der Waals surface area contributed by atoms with Crippen LogP contribution in [0.4, 0.5) is 28.7 Å². The van der Waals surface area contributed by atoms with Crippen LogP contribution in [0, 0.1) is 6.92 Å². The molecule has 6 heteroatoms. The molecular formula is C19H19N5O. The van der Waals surface area contributed by atoms with Gasteiger partial charge in [0, 0.05) is 30.1 Å². The molecular weight excluding hydrogens is 314 g/mol. The number of hydrogen-bond donors (Lipinski definition) is 3. The molecule has 126 valence electrons. The van der Waals surface area contributed by atoms with Crippen LogP contribution in [0.2, 0.25) is 0 Å². The van der Waals surface area contributed by atoms with Crippen molar-refractivity contribution < 1.29 is 4.79 Å². The average Bonchev–Trinajstić information content (AvgIpc) is 2.57. The van der Waals surface area contributed by atoms with Gasteiger partial charge < -0.3 is 16.0 Å². The normalized spacial score (nSPS) is 10.2. The monoisotopic (exact) mass is 333 g/mol. The highest BCUT2D eigenvalue weighted by Gasteiger charge is 2.02. The van der Waals surface area contributed by atoms with E-state index in [-0.39, 0.29) is 5.91 Å². The largest absolute Gasteiger partial charge is 0.340 e. The standard InChI is InChI=1S/C19H19N5O/c1-13-6-8-15(9-7-13)23-18-11-19(21-12-20-18)24-17-5-3-4-16(10-17)22-14(2)25/h3-12H,1-2H3,(H,22,25)(H2,20,21,23,24). The Labute approximate surface area is 146 Å². The molecule has 2 aromatic carbocycles. The van der Waals surface area contributed by atoms with Crippen LogP contribution in [0.5, 0.6) is 0 Å². The maximum Gasteiger partial charge on any atom is 0.221 e. The van der Waals surface area contributed by atoms with Crippen LogP contribution in [0.3, 0.4) is 0 Å². The molecule has 0 aliphatic rings. The number of anilines is 5. The first-order valence-corrected chi connectivity index (χ1v) is 7.89. The van der Waals surface area contributed by atoms with Crippen molar-refractivity contribution in [2.45, 2.75) is 13.8 Å². The van der Waals surface area contributed by atoms with E-state index in [9.17, 15) is 4.79 Å². The van der Waals surface area contributed by atoms with Crippen molar-refractivity contribution in [3.8, 4) is 0 Å². The Morgan fingerprint density at radius 2 is 1.48 bits per heavy atom. The Hall–Kier alpha value is -3.41. The number of carbonyl (C=O) groups excluding carboxylic acids is 1. The second-order valence-electron chi connectivity index (χ2n) is 5.67. The quantitative estimate of drug-likeness (QED) is 0.651. The Morgan fingerprint density at radius 1 is 0.840 bits per heavy atom. The van der Waals surface area contributed by atoms with Gasteiger partial charge in [0.2, 0.25) is 5.91 Å². The summed E-state index contributed by atoms with van der Waals surface area (Å²) in [7, 11) is 0. The van der Waals surface area contributed by atoms with Gasteiger partial charge in [-0.1, -0.05) is 23.8 Å². The van der Waals surface area contributed by atoms with Crippen molar-refractivity contribution in [2.24, 2.45) is 0 Å². The molecule has 0 saturated carbocycles. The molecule has 3 N–H and O–H groups in total. The van der Waals surface area contributed by atoms with Crippen LogP contribution in [-0.2, 0) is 4.79 Å². The van der Waals surface area contributed by atoms with Gasteiger partial charge in [-0.2, -0.15) is 0 Å². The average molecular weight is 333 g/mol. The molecule has 25 heavy (non-hydrogen) atoms. The van der Waals surface area contributed by atoms with E-state index in [0.717, 1.165) is 17.1 Å². The summed E-state index contributed by atoms with van der Waals surface area (Å²) in [6.45, 7) is 3.53. The smallest absolute Gasteiger partial charge is 0.221 e. The number of rotatable bonds is 5. The van der Waals surface area contributed by atoms with Gasteiger partial charge in [0.05, 0.1) is 0 Å². The fourth-order valence-electron chi connectivity index (χ4n) is 2.30. The molecule has 0 unspecified atom stereocenters. The predicted molar refractivity (Wildman–Crippen MR) is 101 cm³/mol. The lowest BCUT2D eigenvalue weighted by Gasteiger charge is -2.10. The number of carbonyl (C=O) groups is 1. The predicted octanol–water partition coefficient (Wildman–Crippen LogP) is 4.23. The summed E-state index contributed by atoms with van der Waals surface area (Å²) in [4.78, 5) is 19.6. The second kappa shape index (κ2) is 7.44. The molecule has 1 heterocycles. The highest BCUT2D eigenvalue weighted by atomic mass is 16.1. The number of amides is 1.